The number of hydrogen-bond donors (Lipinski definition) is 4. The van der Waals surface area contributed by atoms with Gasteiger partial charge in [0.05, 0.1) is 30.6 Å². The number of carbonyl (C=O) groups is 2. The fourth-order valence-electron chi connectivity index (χ4n) is 2.37. The Kier molecular flexibility index (Phi) is 4.02. The summed E-state index contributed by atoms with van der Waals surface area (Å²) in [6.45, 7) is 4.43. The van der Waals surface area contributed by atoms with Crippen LogP contribution < -0.4 is 5.32 Å². The number of carbonyl (C=O) groups excluding carboxylic acids is 1. The number of carboxylic acids is 1. The first-order chi connectivity index (χ1) is 8.25. The monoisotopic (exact) mass is 259 g/mol. The molecule has 0 radical (unpaired) electrons. The van der Waals surface area contributed by atoms with Crippen LogP contribution in [0.15, 0.2) is 0 Å². The molecule has 0 aromatic carbocycles. The number of aliphatic hydroxyl groups is 2. The van der Waals surface area contributed by atoms with E-state index >= 15 is 0 Å². The third-order valence-electron chi connectivity index (χ3n) is 4.05. The Bertz CT molecular complexity index is 340. The second-order valence-electron chi connectivity index (χ2n) is 5.55. The average molecular weight is 259 g/mol. The lowest BCUT2D eigenvalue weighted by Gasteiger charge is -2.30. The molecule has 0 aliphatic heterocycles. The number of nitrogens with one attached hydrogen (secondary N) is 1. The number of aliphatic carboxylic acids is 1. The quantitative estimate of drug-likeness (QED) is 0.519. The topological polar surface area (TPSA) is 107 Å². The molecule has 1 amide bonds. The van der Waals surface area contributed by atoms with Crippen LogP contribution in [-0.4, -0.2) is 45.9 Å². The molecule has 104 valence electrons. The number of carboxylic acid groups (broad SMARTS) is 1. The predicted molar refractivity (Wildman–Crippen MR) is 63.7 cm³/mol. The highest BCUT2D eigenvalue weighted by atomic mass is 16.4. The van der Waals surface area contributed by atoms with Crippen molar-refractivity contribution >= 4 is 11.9 Å². The molecular weight excluding hydrogens is 238 g/mol. The summed E-state index contributed by atoms with van der Waals surface area (Å²) in [5, 5.41) is 30.1. The van der Waals surface area contributed by atoms with Crippen LogP contribution in [-0.2, 0) is 9.59 Å². The first-order valence-corrected chi connectivity index (χ1v) is 6.02. The number of aliphatic hydroxyl groups excluding tert-OH is 2. The fraction of sp³-hybridized carbons (Fsp3) is 0.833. The molecule has 6 nitrogen and oxygen atoms in total. The number of hydrogen-bond acceptors (Lipinski definition) is 4. The van der Waals surface area contributed by atoms with Crippen molar-refractivity contribution in [3.05, 3.63) is 0 Å². The highest BCUT2D eigenvalue weighted by Crippen LogP contribution is 2.58. The van der Waals surface area contributed by atoms with Gasteiger partial charge < -0.3 is 20.6 Å². The SMILES string of the molecule is CCC(CO)(CO)NC(=O)C1C(C(=O)O)C1(C)C. The summed E-state index contributed by atoms with van der Waals surface area (Å²) in [6.07, 6.45) is 0.372. The fourth-order valence-corrected chi connectivity index (χ4v) is 2.37. The molecule has 4 N–H and O–H groups in total. The molecule has 1 fully saturated rings. The molecule has 0 spiro atoms. The van der Waals surface area contributed by atoms with Gasteiger partial charge in [-0.05, 0) is 11.8 Å². The molecule has 6 heteroatoms. The summed E-state index contributed by atoms with van der Waals surface area (Å²) in [5.74, 6) is -2.73. The third kappa shape index (κ3) is 2.35. The smallest absolute Gasteiger partial charge is 0.307 e. The molecule has 2 unspecified atom stereocenters. The van der Waals surface area contributed by atoms with E-state index in [4.69, 9.17) is 5.11 Å². The molecule has 0 saturated heterocycles. The van der Waals surface area contributed by atoms with Crippen LogP contribution in [0.1, 0.15) is 27.2 Å². The third-order valence-corrected chi connectivity index (χ3v) is 4.05. The van der Waals surface area contributed by atoms with Crippen molar-refractivity contribution in [3.8, 4) is 0 Å². The molecule has 0 aromatic heterocycles. The van der Waals surface area contributed by atoms with Gasteiger partial charge in [0, 0.05) is 0 Å². The highest BCUT2D eigenvalue weighted by Gasteiger charge is 2.66. The maximum absolute atomic E-state index is 12.0. The zero-order valence-corrected chi connectivity index (χ0v) is 10.9. The molecule has 2 atom stereocenters. The molecule has 1 saturated carbocycles. The van der Waals surface area contributed by atoms with Crippen molar-refractivity contribution in [2.24, 2.45) is 17.3 Å². The van der Waals surface area contributed by atoms with E-state index in [-0.39, 0.29) is 13.2 Å². The Hall–Kier alpha value is -1.14. The first kappa shape index (κ1) is 14.9. The minimum Gasteiger partial charge on any atom is -0.481 e. The standard InChI is InChI=1S/C12H21NO5/c1-4-12(5-14,6-15)13-9(16)7-8(10(17)18)11(7,2)3/h7-8,14-15H,4-6H2,1-3H3,(H,13,16)(H,17,18). The highest BCUT2D eigenvalue weighted by molar-refractivity contribution is 5.92. The Labute approximate surface area is 106 Å². The van der Waals surface area contributed by atoms with Gasteiger partial charge in [-0.25, -0.2) is 0 Å². The van der Waals surface area contributed by atoms with Crippen LogP contribution in [0, 0.1) is 17.3 Å². The maximum atomic E-state index is 12.0. The summed E-state index contributed by atoms with van der Waals surface area (Å²) in [7, 11) is 0. The van der Waals surface area contributed by atoms with Gasteiger partial charge in [0.2, 0.25) is 5.91 Å². The molecule has 0 bridgehead atoms. The Morgan fingerprint density at radius 3 is 2.00 bits per heavy atom. The van der Waals surface area contributed by atoms with E-state index in [1.54, 1.807) is 20.8 Å². The van der Waals surface area contributed by atoms with Gasteiger partial charge in [-0.2, -0.15) is 0 Å². The summed E-state index contributed by atoms with van der Waals surface area (Å²) in [5.41, 5.74) is -1.65. The lowest BCUT2D eigenvalue weighted by atomic mass is 9.97. The van der Waals surface area contributed by atoms with Gasteiger partial charge in [-0.15, -0.1) is 0 Å². The van der Waals surface area contributed by atoms with Gasteiger partial charge >= 0.3 is 5.97 Å². The van der Waals surface area contributed by atoms with Crippen molar-refractivity contribution in [1.82, 2.24) is 5.32 Å². The van der Waals surface area contributed by atoms with Gasteiger partial charge in [0.1, 0.15) is 0 Å². The van der Waals surface area contributed by atoms with Crippen molar-refractivity contribution in [1.29, 1.82) is 0 Å². The number of rotatable bonds is 6. The maximum Gasteiger partial charge on any atom is 0.307 e. The van der Waals surface area contributed by atoms with Crippen LogP contribution in [0.25, 0.3) is 0 Å². The van der Waals surface area contributed by atoms with Gasteiger partial charge in [0.25, 0.3) is 0 Å². The molecule has 0 aromatic rings. The largest absolute Gasteiger partial charge is 0.481 e. The minimum absolute atomic E-state index is 0.372. The summed E-state index contributed by atoms with van der Waals surface area (Å²) in [6, 6.07) is 0. The summed E-state index contributed by atoms with van der Waals surface area (Å²) >= 11 is 0. The Morgan fingerprint density at radius 1 is 1.22 bits per heavy atom. The molecule has 18 heavy (non-hydrogen) atoms. The van der Waals surface area contributed by atoms with Crippen molar-refractivity contribution in [2.45, 2.75) is 32.7 Å². The zero-order chi connectivity index (χ0) is 14.1. The molecular formula is C12H21NO5. The normalized spacial score (nSPS) is 25.6. The van der Waals surface area contributed by atoms with Crippen LogP contribution in [0.2, 0.25) is 0 Å². The molecule has 1 rings (SSSR count). The van der Waals surface area contributed by atoms with E-state index in [9.17, 15) is 19.8 Å². The van der Waals surface area contributed by atoms with Crippen molar-refractivity contribution in [3.63, 3.8) is 0 Å². The van der Waals surface area contributed by atoms with E-state index in [1.165, 1.54) is 0 Å². The summed E-state index contributed by atoms with van der Waals surface area (Å²) in [4.78, 5) is 23.0. The van der Waals surface area contributed by atoms with Crippen molar-refractivity contribution in [2.75, 3.05) is 13.2 Å². The average Bonchev–Trinajstić information content (AvgIpc) is 2.90. The van der Waals surface area contributed by atoms with Crippen LogP contribution in [0.3, 0.4) is 0 Å². The number of amides is 1. The molecule has 1 aliphatic rings. The van der Waals surface area contributed by atoms with Crippen LogP contribution in [0.5, 0.6) is 0 Å². The van der Waals surface area contributed by atoms with E-state index < -0.39 is 34.7 Å². The van der Waals surface area contributed by atoms with E-state index in [2.05, 4.69) is 5.32 Å². The second-order valence-corrected chi connectivity index (χ2v) is 5.55. The van der Waals surface area contributed by atoms with E-state index in [0.29, 0.717) is 6.42 Å². The van der Waals surface area contributed by atoms with Gasteiger partial charge in [-0.1, -0.05) is 20.8 Å². The lowest BCUT2D eigenvalue weighted by Crippen LogP contribution is -2.54. The Morgan fingerprint density at radius 2 is 1.72 bits per heavy atom. The van der Waals surface area contributed by atoms with Crippen molar-refractivity contribution < 1.29 is 24.9 Å². The van der Waals surface area contributed by atoms with Gasteiger partial charge in [-0.3, -0.25) is 9.59 Å². The minimum atomic E-state index is -1.07. The van der Waals surface area contributed by atoms with Gasteiger partial charge in [0.15, 0.2) is 0 Å². The lowest BCUT2D eigenvalue weighted by molar-refractivity contribution is -0.140. The zero-order valence-electron chi connectivity index (χ0n) is 10.9. The second kappa shape index (κ2) is 4.85. The molecule has 1 aliphatic carbocycles. The summed E-state index contributed by atoms with van der Waals surface area (Å²) < 4.78 is 0. The van der Waals surface area contributed by atoms with Crippen LogP contribution >= 0.6 is 0 Å². The molecule has 0 heterocycles. The van der Waals surface area contributed by atoms with E-state index in [1.807, 2.05) is 0 Å². The predicted octanol–water partition coefficient (Wildman–Crippen LogP) is -0.407. The first-order valence-electron chi connectivity index (χ1n) is 6.02. The van der Waals surface area contributed by atoms with Crippen LogP contribution in [0.4, 0.5) is 0 Å². The Balaban J connectivity index is 2.76. The van der Waals surface area contributed by atoms with E-state index in [0.717, 1.165) is 0 Å².